The Morgan fingerprint density at radius 2 is 1.90 bits per heavy atom. The number of methoxy groups -OCH3 is 1. The first-order chi connectivity index (χ1) is 14.4. The van der Waals surface area contributed by atoms with Gasteiger partial charge in [0.2, 0.25) is 0 Å². The van der Waals surface area contributed by atoms with E-state index in [4.69, 9.17) is 9.47 Å². The molecule has 0 unspecified atom stereocenters. The molecule has 1 saturated heterocycles. The van der Waals surface area contributed by atoms with E-state index in [9.17, 15) is 20.6 Å². The van der Waals surface area contributed by atoms with Crippen LogP contribution in [0.3, 0.4) is 0 Å². The Balaban J connectivity index is 1.99. The van der Waals surface area contributed by atoms with Gasteiger partial charge in [-0.15, -0.1) is 0 Å². The number of nitrogens with zero attached hydrogens (tertiary/aromatic N) is 1. The Hall–Kier alpha value is -2.43. The number of hydrogen-bond acceptors (Lipinski definition) is 6. The van der Waals surface area contributed by atoms with E-state index in [1.807, 2.05) is 0 Å². The molecule has 0 bridgehead atoms. The molecule has 0 amide bonds. The van der Waals surface area contributed by atoms with E-state index in [0.29, 0.717) is 29.2 Å². The van der Waals surface area contributed by atoms with Crippen LogP contribution in [0.2, 0.25) is 0 Å². The molecular weight excluding hydrogens is 382 g/mol. The fourth-order valence-electron chi connectivity index (χ4n) is 3.86. The van der Waals surface area contributed by atoms with E-state index in [0.717, 1.165) is 11.1 Å². The van der Waals surface area contributed by atoms with Crippen molar-refractivity contribution in [2.24, 2.45) is 0 Å². The van der Waals surface area contributed by atoms with Crippen molar-refractivity contribution in [3.05, 3.63) is 64.2 Å². The highest BCUT2D eigenvalue weighted by atomic mass is 16.5. The van der Waals surface area contributed by atoms with Crippen molar-refractivity contribution >= 4 is 0 Å². The van der Waals surface area contributed by atoms with Gasteiger partial charge < -0.3 is 24.8 Å². The van der Waals surface area contributed by atoms with Crippen molar-refractivity contribution in [3.63, 3.8) is 0 Å². The second-order valence-corrected chi connectivity index (χ2v) is 8.09. The Bertz CT molecular complexity index is 903. The van der Waals surface area contributed by atoms with Crippen LogP contribution in [0.1, 0.15) is 60.1 Å². The van der Waals surface area contributed by atoms with Gasteiger partial charge in [0.15, 0.2) is 0 Å². The van der Waals surface area contributed by atoms with E-state index >= 15 is 0 Å². The van der Waals surface area contributed by atoms with Crippen LogP contribution in [-0.4, -0.2) is 47.3 Å². The molecule has 0 aliphatic carbocycles. The molecule has 2 aromatic rings. The molecule has 4 atom stereocenters. The zero-order valence-corrected chi connectivity index (χ0v) is 17.6. The standard InChI is InChI=1S/C24H29NO5/c1-14(2)16-6-4-15(5-7-16)8-17-9-20(22(29-3)10-18(17)12-25)24-23(28)21(27)11-19(13-26)30-24/h4-7,9-10,14,19,21,23-24,26-28H,8,11,13H2,1-3H3/t19-,21-,23+,24-/m0/s1. The molecule has 3 rings (SSSR count). The van der Waals surface area contributed by atoms with Crippen LogP contribution in [0, 0.1) is 11.3 Å². The summed E-state index contributed by atoms with van der Waals surface area (Å²) in [6.07, 6.45) is -2.94. The van der Waals surface area contributed by atoms with E-state index < -0.39 is 24.4 Å². The molecule has 0 saturated carbocycles. The zero-order chi connectivity index (χ0) is 21.8. The third kappa shape index (κ3) is 4.66. The molecule has 160 valence electrons. The van der Waals surface area contributed by atoms with Gasteiger partial charge >= 0.3 is 0 Å². The lowest BCUT2D eigenvalue weighted by molar-refractivity contribution is -0.180. The zero-order valence-electron chi connectivity index (χ0n) is 17.6. The van der Waals surface area contributed by atoms with Crippen molar-refractivity contribution in [2.45, 2.75) is 57.0 Å². The summed E-state index contributed by atoms with van der Waals surface area (Å²) in [5.74, 6) is 0.845. The van der Waals surface area contributed by atoms with Crippen LogP contribution in [0.4, 0.5) is 0 Å². The third-order valence-corrected chi connectivity index (χ3v) is 5.67. The van der Waals surface area contributed by atoms with Crippen LogP contribution in [-0.2, 0) is 11.2 Å². The summed E-state index contributed by atoms with van der Waals surface area (Å²) in [4.78, 5) is 0. The van der Waals surface area contributed by atoms with Crippen molar-refractivity contribution in [3.8, 4) is 11.8 Å². The summed E-state index contributed by atoms with van der Waals surface area (Å²) in [6, 6.07) is 13.9. The molecule has 6 heteroatoms. The highest BCUT2D eigenvalue weighted by Gasteiger charge is 2.39. The van der Waals surface area contributed by atoms with Crippen LogP contribution in [0.15, 0.2) is 36.4 Å². The molecule has 30 heavy (non-hydrogen) atoms. The molecule has 0 radical (unpaired) electrons. The maximum absolute atomic E-state index is 10.5. The topological polar surface area (TPSA) is 103 Å². The largest absolute Gasteiger partial charge is 0.496 e. The molecule has 0 aromatic heterocycles. The highest BCUT2D eigenvalue weighted by molar-refractivity contribution is 5.51. The lowest BCUT2D eigenvalue weighted by atomic mass is 9.89. The first-order valence-electron chi connectivity index (χ1n) is 10.2. The molecule has 3 N–H and O–H groups in total. The number of rotatable bonds is 6. The maximum atomic E-state index is 10.5. The molecule has 1 aliphatic rings. The number of hydrogen-bond donors (Lipinski definition) is 3. The first kappa shape index (κ1) is 22.3. The average Bonchev–Trinajstić information content (AvgIpc) is 2.75. The quantitative estimate of drug-likeness (QED) is 0.675. The van der Waals surface area contributed by atoms with Crippen molar-refractivity contribution in [1.29, 1.82) is 5.26 Å². The second-order valence-electron chi connectivity index (χ2n) is 8.09. The molecule has 1 aliphatic heterocycles. The summed E-state index contributed by atoms with van der Waals surface area (Å²) in [6.45, 7) is 4.03. The average molecular weight is 411 g/mol. The highest BCUT2D eigenvalue weighted by Crippen LogP contribution is 2.38. The SMILES string of the molecule is COc1cc(C#N)c(Cc2ccc(C(C)C)cc2)cc1[C@@H]1O[C@H](CO)C[C@H](O)[C@H]1O. The van der Waals surface area contributed by atoms with Gasteiger partial charge in [0.1, 0.15) is 18.0 Å². The lowest BCUT2D eigenvalue weighted by Crippen LogP contribution is -2.44. The predicted octanol–water partition coefficient (Wildman–Crippen LogP) is 2.83. The van der Waals surface area contributed by atoms with E-state index in [2.05, 4.69) is 44.2 Å². The number of ether oxygens (including phenoxy) is 2. The Kier molecular flexibility index (Phi) is 7.11. The summed E-state index contributed by atoms with van der Waals surface area (Å²) in [5, 5.41) is 39.9. The summed E-state index contributed by atoms with van der Waals surface area (Å²) < 4.78 is 11.3. The summed E-state index contributed by atoms with van der Waals surface area (Å²) >= 11 is 0. The fourth-order valence-corrected chi connectivity index (χ4v) is 3.86. The Morgan fingerprint density at radius 3 is 2.47 bits per heavy atom. The van der Waals surface area contributed by atoms with Crippen molar-refractivity contribution in [2.75, 3.05) is 13.7 Å². The van der Waals surface area contributed by atoms with Gasteiger partial charge in [-0.1, -0.05) is 38.1 Å². The van der Waals surface area contributed by atoms with E-state index in [-0.39, 0.29) is 13.0 Å². The minimum absolute atomic E-state index is 0.155. The minimum atomic E-state index is -1.16. The van der Waals surface area contributed by atoms with Gasteiger partial charge in [-0.2, -0.15) is 5.26 Å². The van der Waals surface area contributed by atoms with Gasteiger partial charge in [0.05, 0.1) is 37.6 Å². The van der Waals surface area contributed by atoms with Crippen LogP contribution >= 0.6 is 0 Å². The molecule has 0 spiro atoms. The monoisotopic (exact) mass is 411 g/mol. The van der Waals surface area contributed by atoms with Crippen molar-refractivity contribution in [1.82, 2.24) is 0 Å². The fraction of sp³-hybridized carbons (Fsp3) is 0.458. The minimum Gasteiger partial charge on any atom is -0.496 e. The maximum Gasteiger partial charge on any atom is 0.126 e. The van der Waals surface area contributed by atoms with Gasteiger partial charge in [0.25, 0.3) is 0 Å². The molecule has 1 heterocycles. The molecule has 2 aromatic carbocycles. The predicted molar refractivity (Wildman–Crippen MR) is 112 cm³/mol. The summed E-state index contributed by atoms with van der Waals surface area (Å²) in [7, 11) is 1.49. The Morgan fingerprint density at radius 1 is 1.20 bits per heavy atom. The van der Waals surface area contributed by atoms with Crippen LogP contribution in [0.25, 0.3) is 0 Å². The molecular formula is C24H29NO5. The van der Waals surface area contributed by atoms with E-state index in [1.165, 1.54) is 12.7 Å². The number of nitriles is 1. The number of aliphatic hydroxyl groups is 3. The first-order valence-corrected chi connectivity index (χ1v) is 10.2. The van der Waals surface area contributed by atoms with Crippen molar-refractivity contribution < 1.29 is 24.8 Å². The van der Waals surface area contributed by atoms with Gasteiger partial charge in [-0.3, -0.25) is 0 Å². The Labute approximate surface area is 177 Å². The van der Waals surface area contributed by atoms with Gasteiger partial charge in [-0.25, -0.2) is 0 Å². The normalized spacial score (nSPS) is 23.9. The van der Waals surface area contributed by atoms with Crippen LogP contribution in [0.5, 0.6) is 5.75 Å². The molecule has 6 nitrogen and oxygen atoms in total. The van der Waals surface area contributed by atoms with Crippen LogP contribution < -0.4 is 4.74 Å². The smallest absolute Gasteiger partial charge is 0.126 e. The van der Waals surface area contributed by atoms with Gasteiger partial charge in [-0.05, 0) is 41.2 Å². The number of aliphatic hydroxyl groups excluding tert-OH is 3. The molecule has 1 fully saturated rings. The second kappa shape index (κ2) is 9.59. The number of benzene rings is 2. The lowest BCUT2D eigenvalue weighted by Gasteiger charge is -2.37. The van der Waals surface area contributed by atoms with E-state index in [1.54, 1.807) is 12.1 Å². The summed E-state index contributed by atoms with van der Waals surface area (Å²) in [5.41, 5.74) is 4.12. The van der Waals surface area contributed by atoms with Gasteiger partial charge in [0, 0.05) is 12.0 Å². The third-order valence-electron chi connectivity index (χ3n) is 5.67.